The average molecular weight is 369 g/mol. The maximum Gasteiger partial charge on any atom is 0.341 e. The summed E-state index contributed by atoms with van der Waals surface area (Å²) in [6.07, 6.45) is 1.59. The van der Waals surface area contributed by atoms with Gasteiger partial charge in [0.25, 0.3) is 11.1 Å². The van der Waals surface area contributed by atoms with Crippen LogP contribution in [0, 0.1) is 6.92 Å². The molecule has 0 atom stereocenters. The molecule has 0 aromatic heterocycles. The Labute approximate surface area is 154 Å². The number of ether oxygens (including phenoxy) is 1. The second-order valence-corrected chi connectivity index (χ2v) is 6.60. The highest BCUT2D eigenvalue weighted by atomic mass is 32.2. The first kappa shape index (κ1) is 17.8. The quantitative estimate of drug-likeness (QED) is 0.809. The number of carbonyl (C=O) groups excluding carboxylic acids is 2. The van der Waals surface area contributed by atoms with Crippen molar-refractivity contribution in [3.8, 4) is 5.75 Å². The molecule has 2 aromatic rings. The molecule has 132 valence electrons. The smallest absolute Gasteiger partial charge is 0.341 e. The lowest BCUT2D eigenvalue weighted by Crippen LogP contribution is -2.27. The first-order valence-corrected chi connectivity index (χ1v) is 8.55. The average Bonchev–Trinajstić information content (AvgIpc) is 2.88. The minimum Gasteiger partial charge on any atom is -0.482 e. The number of thioether (sulfide) groups is 1. The van der Waals surface area contributed by atoms with E-state index in [-0.39, 0.29) is 11.1 Å². The van der Waals surface area contributed by atoms with Gasteiger partial charge in [0.15, 0.2) is 6.61 Å². The molecule has 0 radical (unpaired) electrons. The van der Waals surface area contributed by atoms with Crippen molar-refractivity contribution in [2.75, 3.05) is 11.5 Å². The molecule has 0 bridgehead atoms. The van der Waals surface area contributed by atoms with Crippen molar-refractivity contribution in [2.45, 2.75) is 6.92 Å². The van der Waals surface area contributed by atoms with Crippen LogP contribution in [0.15, 0.2) is 53.4 Å². The van der Waals surface area contributed by atoms with E-state index >= 15 is 0 Å². The molecule has 6 nitrogen and oxygen atoms in total. The summed E-state index contributed by atoms with van der Waals surface area (Å²) in [5.74, 6) is -1.09. The minimum absolute atomic E-state index is 0.297. The Morgan fingerprint density at radius 1 is 1.19 bits per heavy atom. The Kier molecular flexibility index (Phi) is 5.09. The van der Waals surface area contributed by atoms with Crippen LogP contribution >= 0.6 is 11.8 Å². The molecule has 1 saturated heterocycles. The standard InChI is InChI=1S/C19H15NO5S/c1-12-5-7-14(8-6-12)20-18(23)16(26-19(20)24)10-13-3-2-4-15(9-13)25-11-17(21)22/h2-10H,11H2,1H3,(H,21,22)/b16-10+. The molecule has 26 heavy (non-hydrogen) atoms. The number of carboxylic acid groups (broad SMARTS) is 1. The number of aryl methyl sites for hydroxylation is 1. The van der Waals surface area contributed by atoms with Gasteiger partial charge in [-0.2, -0.15) is 0 Å². The van der Waals surface area contributed by atoms with Gasteiger partial charge in [-0.1, -0.05) is 29.8 Å². The van der Waals surface area contributed by atoms with Crippen LogP contribution < -0.4 is 9.64 Å². The number of amides is 2. The maximum absolute atomic E-state index is 12.6. The molecule has 1 aliphatic heterocycles. The molecule has 1 heterocycles. The number of aliphatic carboxylic acids is 1. The molecule has 0 unspecified atom stereocenters. The van der Waals surface area contributed by atoms with E-state index in [2.05, 4.69) is 0 Å². The number of rotatable bonds is 5. The number of benzene rings is 2. The zero-order chi connectivity index (χ0) is 18.7. The van der Waals surface area contributed by atoms with Crippen molar-refractivity contribution < 1.29 is 24.2 Å². The van der Waals surface area contributed by atoms with Crippen LogP contribution in [0.2, 0.25) is 0 Å². The Morgan fingerprint density at radius 2 is 1.92 bits per heavy atom. The van der Waals surface area contributed by atoms with E-state index < -0.39 is 12.6 Å². The molecule has 0 saturated carbocycles. The Balaban J connectivity index is 1.82. The van der Waals surface area contributed by atoms with Crippen LogP contribution in [0.1, 0.15) is 11.1 Å². The number of hydrogen-bond donors (Lipinski definition) is 1. The van der Waals surface area contributed by atoms with Crippen molar-refractivity contribution in [1.82, 2.24) is 0 Å². The highest BCUT2D eigenvalue weighted by molar-refractivity contribution is 8.19. The van der Waals surface area contributed by atoms with E-state index in [4.69, 9.17) is 9.84 Å². The lowest BCUT2D eigenvalue weighted by atomic mass is 10.2. The van der Waals surface area contributed by atoms with Crippen LogP contribution in [-0.2, 0) is 9.59 Å². The van der Waals surface area contributed by atoms with Gasteiger partial charge in [-0.3, -0.25) is 9.59 Å². The van der Waals surface area contributed by atoms with Crippen LogP contribution in [0.5, 0.6) is 5.75 Å². The van der Waals surface area contributed by atoms with Gasteiger partial charge >= 0.3 is 5.97 Å². The predicted octanol–water partition coefficient (Wildman–Crippen LogP) is 3.70. The maximum atomic E-state index is 12.6. The lowest BCUT2D eigenvalue weighted by molar-refractivity contribution is -0.139. The molecule has 0 spiro atoms. The summed E-state index contributed by atoms with van der Waals surface area (Å²) in [5, 5.41) is 8.31. The zero-order valence-electron chi connectivity index (χ0n) is 13.8. The topological polar surface area (TPSA) is 83.9 Å². The predicted molar refractivity (Wildman–Crippen MR) is 99.2 cm³/mol. The Hall–Kier alpha value is -3.06. The zero-order valence-corrected chi connectivity index (χ0v) is 14.7. The van der Waals surface area contributed by atoms with E-state index in [9.17, 15) is 14.4 Å². The number of imide groups is 1. The monoisotopic (exact) mass is 369 g/mol. The summed E-state index contributed by atoms with van der Waals surface area (Å²) >= 11 is 0.863. The van der Waals surface area contributed by atoms with Crippen molar-refractivity contribution >= 4 is 40.6 Å². The van der Waals surface area contributed by atoms with E-state index in [0.717, 1.165) is 22.2 Å². The van der Waals surface area contributed by atoms with Gasteiger partial charge in [0.1, 0.15) is 5.75 Å². The van der Waals surface area contributed by atoms with E-state index in [1.165, 1.54) is 0 Å². The number of carboxylic acids is 1. The summed E-state index contributed by atoms with van der Waals surface area (Å²) in [6, 6.07) is 13.8. The largest absolute Gasteiger partial charge is 0.482 e. The number of nitrogens with zero attached hydrogens (tertiary/aromatic N) is 1. The highest BCUT2D eigenvalue weighted by Gasteiger charge is 2.36. The Morgan fingerprint density at radius 3 is 2.62 bits per heavy atom. The van der Waals surface area contributed by atoms with Gasteiger partial charge in [-0.15, -0.1) is 0 Å². The minimum atomic E-state index is -1.07. The highest BCUT2D eigenvalue weighted by Crippen LogP contribution is 2.36. The fraction of sp³-hybridized carbons (Fsp3) is 0.105. The summed E-state index contributed by atoms with van der Waals surface area (Å²) in [5.41, 5.74) is 2.21. The molecule has 1 N–H and O–H groups in total. The fourth-order valence-electron chi connectivity index (χ4n) is 2.37. The van der Waals surface area contributed by atoms with Crippen LogP contribution in [0.3, 0.4) is 0 Å². The van der Waals surface area contributed by atoms with Gasteiger partial charge < -0.3 is 9.84 Å². The second kappa shape index (κ2) is 7.45. The molecule has 7 heteroatoms. The summed E-state index contributed by atoms with van der Waals surface area (Å²) in [7, 11) is 0. The van der Waals surface area contributed by atoms with E-state index in [0.29, 0.717) is 21.9 Å². The van der Waals surface area contributed by atoms with E-state index in [1.54, 1.807) is 42.5 Å². The summed E-state index contributed by atoms with van der Waals surface area (Å²) in [6.45, 7) is 1.48. The normalized spacial score (nSPS) is 15.6. The third-order valence-electron chi connectivity index (χ3n) is 3.60. The number of carbonyl (C=O) groups is 3. The molecule has 3 rings (SSSR count). The lowest BCUT2D eigenvalue weighted by Gasteiger charge is -2.12. The van der Waals surface area contributed by atoms with Crippen molar-refractivity contribution in [3.05, 3.63) is 64.6 Å². The number of hydrogen-bond acceptors (Lipinski definition) is 5. The van der Waals surface area contributed by atoms with Gasteiger partial charge in [0.05, 0.1) is 10.6 Å². The van der Waals surface area contributed by atoms with Crippen LogP contribution in [0.25, 0.3) is 6.08 Å². The van der Waals surface area contributed by atoms with Gasteiger partial charge in [0.2, 0.25) is 0 Å². The first-order chi connectivity index (χ1) is 12.4. The molecular weight excluding hydrogens is 354 g/mol. The molecule has 2 aromatic carbocycles. The van der Waals surface area contributed by atoms with Crippen molar-refractivity contribution in [3.63, 3.8) is 0 Å². The molecular formula is C19H15NO5S. The van der Waals surface area contributed by atoms with Gasteiger partial charge in [-0.25, -0.2) is 9.69 Å². The summed E-state index contributed by atoms with van der Waals surface area (Å²) in [4.78, 5) is 36.9. The first-order valence-electron chi connectivity index (χ1n) is 7.73. The van der Waals surface area contributed by atoms with Crippen molar-refractivity contribution in [1.29, 1.82) is 0 Å². The van der Waals surface area contributed by atoms with Crippen molar-refractivity contribution in [2.24, 2.45) is 0 Å². The Bertz CT molecular complexity index is 904. The molecule has 0 aliphatic carbocycles. The van der Waals surface area contributed by atoms with Crippen LogP contribution in [-0.4, -0.2) is 28.8 Å². The second-order valence-electron chi connectivity index (χ2n) is 5.61. The van der Waals surface area contributed by atoms with Gasteiger partial charge in [-0.05, 0) is 54.6 Å². The SMILES string of the molecule is Cc1ccc(N2C(=O)S/C(=C/c3cccc(OCC(=O)O)c3)C2=O)cc1. The number of anilines is 1. The molecule has 2 amide bonds. The van der Waals surface area contributed by atoms with E-state index in [1.807, 2.05) is 19.1 Å². The van der Waals surface area contributed by atoms with Crippen LogP contribution in [0.4, 0.5) is 10.5 Å². The summed E-state index contributed by atoms with van der Waals surface area (Å²) < 4.78 is 5.12. The fourth-order valence-corrected chi connectivity index (χ4v) is 3.22. The third kappa shape index (κ3) is 3.94. The van der Waals surface area contributed by atoms with Gasteiger partial charge in [0, 0.05) is 0 Å². The molecule has 1 fully saturated rings. The third-order valence-corrected chi connectivity index (χ3v) is 4.47. The molecule has 1 aliphatic rings.